The number of β-amino-alcohol motifs (C(OH)–C–C–N with tert-alkyl or cyclic N) is 1. The summed E-state index contributed by atoms with van der Waals surface area (Å²) >= 11 is 1.71. The number of nitrogens with one attached hydrogen (secondary N) is 1. The van der Waals surface area contributed by atoms with Crippen LogP contribution in [-0.4, -0.2) is 36.2 Å². The molecule has 0 aliphatic carbocycles. The summed E-state index contributed by atoms with van der Waals surface area (Å²) in [6.45, 7) is 7.84. The number of benzene rings is 1. The predicted molar refractivity (Wildman–Crippen MR) is 85.2 cm³/mol. The van der Waals surface area contributed by atoms with E-state index in [9.17, 15) is 5.11 Å². The van der Waals surface area contributed by atoms with Crippen LogP contribution in [0, 0.1) is 6.92 Å². The van der Waals surface area contributed by atoms with E-state index >= 15 is 0 Å². The summed E-state index contributed by atoms with van der Waals surface area (Å²) in [5.74, 6) is 0. The number of thiophene rings is 1. The molecule has 108 valence electrons. The molecule has 1 aromatic heterocycles. The van der Waals surface area contributed by atoms with E-state index in [-0.39, 0.29) is 0 Å². The van der Waals surface area contributed by atoms with Crippen LogP contribution in [0.15, 0.2) is 23.6 Å². The average Bonchev–Trinajstić information content (AvgIpc) is 2.83. The van der Waals surface area contributed by atoms with Crippen molar-refractivity contribution in [1.82, 2.24) is 10.2 Å². The van der Waals surface area contributed by atoms with E-state index in [0.717, 1.165) is 31.6 Å². The minimum Gasteiger partial charge on any atom is -0.370 e. The number of piperazine rings is 1. The Morgan fingerprint density at radius 3 is 3.10 bits per heavy atom. The van der Waals surface area contributed by atoms with Crippen LogP contribution in [0.5, 0.6) is 0 Å². The normalized spacial score (nSPS) is 24.4. The highest BCUT2D eigenvalue weighted by Crippen LogP contribution is 2.34. The van der Waals surface area contributed by atoms with Crippen molar-refractivity contribution in [1.29, 1.82) is 0 Å². The zero-order valence-corrected chi connectivity index (χ0v) is 13.0. The summed E-state index contributed by atoms with van der Waals surface area (Å²) in [6, 6.07) is 6.46. The quantitative estimate of drug-likeness (QED) is 0.912. The Morgan fingerprint density at radius 2 is 2.30 bits per heavy atom. The van der Waals surface area contributed by atoms with E-state index < -0.39 is 5.72 Å². The fourth-order valence-corrected chi connectivity index (χ4v) is 4.04. The second-order valence-corrected chi connectivity index (χ2v) is 6.62. The molecular formula is C16H22N2OS. The van der Waals surface area contributed by atoms with Gasteiger partial charge in [0.25, 0.3) is 0 Å². The van der Waals surface area contributed by atoms with Gasteiger partial charge in [-0.25, -0.2) is 0 Å². The lowest BCUT2D eigenvalue weighted by atomic mass is 9.98. The minimum absolute atomic E-state index is 0.667. The number of aliphatic hydroxyl groups is 1. The van der Waals surface area contributed by atoms with Crippen LogP contribution in [-0.2, 0) is 5.72 Å². The molecule has 0 saturated carbocycles. The highest BCUT2D eigenvalue weighted by molar-refractivity contribution is 7.17. The van der Waals surface area contributed by atoms with Gasteiger partial charge in [0.05, 0.1) is 0 Å². The highest BCUT2D eigenvalue weighted by atomic mass is 32.1. The summed E-state index contributed by atoms with van der Waals surface area (Å²) in [5.41, 5.74) is 1.35. The number of nitrogens with zero attached hydrogens (tertiary/aromatic N) is 1. The fraction of sp³-hybridized carbons (Fsp3) is 0.500. The SMILES string of the molecule is CCCN1CCNC(O)(c2csc3ccc(C)cc23)C1. The molecule has 20 heavy (non-hydrogen) atoms. The average molecular weight is 290 g/mol. The summed E-state index contributed by atoms with van der Waals surface area (Å²) in [5, 5.41) is 17.7. The van der Waals surface area contributed by atoms with Gasteiger partial charge in [0.15, 0.2) is 5.72 Å². The third-order valence-corrected chi connectivity index (χ3v) is 4.98. The number of hydrogen-bond acceptors (Lipinski definition) is 4. The molecule has 1 unspecified atom stereocenters. The van der Waals surface area contributed by atoms with Crippen LogP contribution in [0.3, 0.4) is 0 Å². The van der Waals surface area contributed by atoms with Crippen LogP contribution < -0.4 is 5.32 Å². The van der Waals surface area contributed by atoms with Gasteiger partial charge in [-0.05, 0) is 31.3 Å². The second-order valence-electron chi connectivity index (χ2n) is 5.71. The Labute approximate surface area is 124 Å². The number of rotatable bonds is 3. The molecule has 3 nitrogen and oxygen atoms in total. The molecule has 1 fully saturated rings. The topological polar surface area (TPSA) is 35.5 Å². The van der Waals surface area contributed by atoms with Crippen molar-refractivity contribution in [2.75, 3.05) is 26.2 Å². The van der Waals surface area contributed by atoms with Crippen LogP contribution >= 0.6 is 11.3 Å². The molecule has 1 aliphatic heterocycles. The fourth-order valence-electron chi connectivity index (χ4n) is 3.03. The zero-order chi connectivity index (χ0) is 14.2. The molecule has 1 atom stereocenters. The van der Waals surface area contributed by atoms with Crippen molar-refractivity contribution in [3.8, 4) is 0 Å². The number of hydrogen-bond donors (Lipinski definition) is 2. The molecule has 0 spiro atoms. The summed E-state index contributed by atoms with van der Waals surface area (Å²) < 4.78 is 1.24. The zero-order valence-electron chi connectivity index (χ0n) is 12.1. The van der Waals surface area contributed by atoms with Gasteiger partial charge in [0.1, 0.15) is 0 Å². The van der Waals surface area contributed by atoms with Crippen LogP contribution in [0.4, 0.5) is 0 Å². The third-order valence-electron chi connectivity index (χ3n) is 4.01. The summed E-state index contributed by atoms with van der Waals surface area (Å²) in [6.07, 6.45) is 1.12. The molecule has 0 bridgehead atoms. The molecule has 1 saturated heterocycles. The molecule has 2 heterocycles. The molecule has 1 aliphatic rings. The standard InChI is InChI=1S/C16H22N2OS/c1-3-7-18-8-6-17-16(19,11-18)14-10-20-15-5-4-12(2)9-13(14)15/h4-5,9-10,17,19H,3,6-8,11H2,1-2H3. The van der Waals surface area contributed by atoms with E-state index in [2.05, 4.69) is 47.6 Å². The monoisotopic (exact) mass is 290 g/mol. The second kappa shape index (κ2) is 5.45. The molecule has 2 aromatic rings. The lowest BCUT2D eigenvalue weighted by Gasteiger charge is -2.40. The van der Waals surface area contributed by atoms with Crippen molar-refractivity contribution in [2.45, 2.75) is 26.0 Å². The maximum absolute atomic E-state index is 11.1. The lowest BCUT2D eigenvalue weighted by Crippen LogP contribution is -2.58. The molecule has 2 N–H and O–H groups in total. The third kappa shape index (κ3) is 2.49. The Bertz CT molecular complexity index is 608. The Hall–Kier alpha value is -0.940. The van der Waals surface area contributed by atoms with Crippen LogP contribution in [0.25, 0.3) is 10.1 Å². The van der Waals surface area contributed by atoms with Gasteiger partial charge < -0.3 is 5.11 Å². The largest absolute Gasteiger partial charge is 0.370 e. The van der Waals surface area contributed by atoms with E-state index in [4.69, 9.17) is 0 Å². The summed E-state index contributed by atoms with van der Waals surface area (Å²) in [7, 11) is 0. The smallest absolute Gasteiger partial charge is 0.156 e. The van der Waals surface area contributed by atoms with Gasteiger partial charge in [-0.15, -0.1) is 11.3 Å². The lowest BCUT2D eigenvalue weighted by molar-refractivity contribution is -0.0536. The number of fused-ring (bicyclic) bond motifs is 1. The Kier molecular flexibility index (Phi) is 3.82. The van der Waals surface area contributed by atoms with Gasteiger partial charge in [0, 0.05) is 35.3 Å². The minimum atomic E-state index is -0.917. The molecule has 0 amide bonds. The molecular weight excluding hydrogens is 268 g/mol. The van der Waals surface area contributed by atoms with Gasteiger partial charge >= 0.3 is 0 Å². The van der Waals surface area contributed by atoms with Gasteiger partial charge in [0.2, 0.25) is 0 Å². The first-order valence-corrected chi connectivity index (χ1v) is 8.18. The van der Waals surface area contributed by atoms with Gasteiger partial charge in [-0.2, -0.15) is 0 Å². The maximum Gasteiger partial charge on any atom is 0.156 e. The first-order valence-electron chi connectivity index (χ1n) is 7.30. The van der Waals surface area contributed by atoms with Crippen LogP contribution in [0.1, 0.15) is 24.5 Å². The molecule has 1 aromatic carbocycles. The number of aryl methyl sites for hydroxylation is 1. The predicted octanol–water partition coefficient (Wildman–Crippen LogP) is 2.67. The van der Waals surface area contributed by atoms with Gasteiger partial charge in [-0.1, -0.05) is 24.6 Å². The maximum atomic E-state index is 11.1. The highest BCUT2D eigenvalue weighted by Gasteiger charge is 2.36. The van der Waals surface area contributed by atoms with Crippen molar-refractivity contribution >= 4 is 21.4 Å². The van der Waals surface area contributed by atoms with Gasteiger partial charge in [-0.3, -0.25) is 10.2 Å². The van der Waals surface area contributed by atoms with Crippen molar-refractivity contribution in [2.24, 2.45) is 0 Å². The Morgan fingerprint density at radius 1 is 1.45 bits per heavy atom. The molecule has 3 rings (SSSR count). The van der Waals surface area contributed by atoms with Crippen molar-refractivity contribution in [3.63, 3.8) is 0 Å². The first kappa shape index (κ1) is 14.0. The summed E-state index contributed by atoms with van der Waals surface area (Å²) in [4.78, 5) is 2.34. The van der Waals surface area contributed by atoms with Crippen molar-refractivity contribution < 1.29 is 5.11 Å². The molecule has 4 heteroatoms. The van der Waals surface area contributed by atoms with Crippen molar-refractivity contribution in [3.05, 3.63) is 34.7 Å². The molecule has 0 radical (unpaired) electrons. The van der Waals surface area contributed by atoms with E-state index in [1.54, 1.807) is 11.3 Å². The van der Waals surface area contributed by atoms with E-state index in [0.29, 0.717) is 6.54 Å². The Balaban J connectivity index is 1.98. The first-order chi connectivity index (χ1) is 9.62. The van der Waals surface area contributed by atoms with Crippen LogP contribution in [0.2, 0.25) is 0 Å². The van der Waals surface area contributed by atoms with E-state index in [1.165, 1.54) is 15.6 Å². The van der Waals surface area contributed by atoms with E-state index in [1.807, 2.05) is 0 Å².